The van der Waals surface area contributed by atoms with Gasteiger partial charge in [0.15, 0.2) is 0 Å². The number of anilines is 1. The molecule has 0 bridgehead atoms. The molecular weight excluding hydrogens is 240 g/mol. The molecule has 0 fully saturated rings. The molecular formula is C10H10N4O2S. The van der Waals surface area contributed by atoms with Crippen molar-refractivity contribution in [3.8, 4) is 11.5 Å². The Labute approximate surface area is 101 Å². The number of rotatable bonds is 4. The van der Waals surface area contributed by atoms with Crippen LogP contribution in [0, 0.1) is 0 Å². The second kappa shape index (κ2) is 5.26. The largest absolute Gasteiger partial charge is 0.403 e. The normalized spacial score (nSPS) is 9.88. The highest BCUT2D eigenvalue weighted by Gasteiger charge is 2.10. The highest BCUT2D eigenvalue weighted by atomic mass is 32.1. The summed E-state index contributed by atoms with van der Waals surface area (Å²) in [5.41, 5.74) is 0.835. The van der Waals surface area contributed by atoms with Gasteiger partial charge < -0.3 is 9.73 Å². The van der Waals surface area contributed by atoms with Crippen LogP contribution in [0.4, 0.5) is 10.8 Å². The molecule has 88 valence electrons. The lowest BCUT2D eigenvalue weighted by atomic mass is 10.3. The minimum atomic E-state index is -0.412. The van der Waals surface area contributed by atoms with Gasteiger partial charge in [-0.1, -0.05) is 11.2 Å². The molecule has 2 aromatic heterocycles. The predicted octanol–water partition coefficient (Wildman–Crippen LogP) is 2.11. The van der Waals surface area contributed by atoms with Crippen molar-refractivity contribution in [2.75, 3.05) is 11.9 Å². The minimum absolute atomic E-state index is 0.0627. The van der Waals surface area contributed by atoms with Crippen LogP contribution in [0.1, 0.15) is 0 Å². The lowest BCUT2D eigenvalue weighted by molar-refractivity contribution is 0.252. The maximum absolute atomic E-state index is 11.3. The second-order valence-electron chi connectivity index (χ2n) is 3.05. The van der Waals surface area contributed by atoms with Crippen LogP contribution in [0.3, 0.4) is 0 Å². The van der Waals surface area contributed by atoms with E-state index in [-0.39, 0.29) is 6.01 Å². The van der Waals surface area contributed by atoms with E-state index in [1.165, 1.54) is 11.3 Å². The molecule has 6 nitrogen and oxygen atoms in total. The van der Waals surface area contributed by atoms with Gasteiger partial charge in [0, 0.05) is 17.5 Å². The van der Waals surface area contributed by atoms with Crippen molar-refractivity contribution in [3.63, 3.8) is 0 Å². The zero-order valence-corrected chi connectivity index (χ0v) is 9.66. The molecule has 0 saturated heterocycles. The third kappa shape index (κ3) is 2.91. The summed E-state index contributed by atoms with van der Waals surface area (Å²) in [4.78, 5) is 11.3. The lowest BCUT2D eigenvalue weighted by Gasteiger charge is -1.99. The summed E-state index contributed by atoms with van der Waals surface area (Å²) in [5, 5.41) is 16.3. The van der Waals surface area contributed by atoms with Crippen molar-refractivity contribution in [3.05, 3.63) is 29.5 Å². The smallest absolute Gasteiger partial charge is 0.324 e. The predicted molar refractivity (Wildman–Crippen MR) is 64.8 cm³/mol. The van der Waals surface area contributed by atoms with Crippen LogP contribution in [0.15, 0.2) is 33.9 Å². The summed E-state index contributed by atoms with van der Waals surface area (Å²) < 4.78 is 5.27. The van der Waals surface area contributed by atoms with Crippen molar-refractivity contribution in [2.24, 2.45) is 0 Å². The Morgan fingerprint density at radius 2 is 2.47 bits per heavy atom. The zero-order valence-electron chi connectivity index (χ0n) is 8.84. The number of thiophene rings is 1. The molecule has 2 aromatic rings. The van der Waals surface area contributed by atoms with E-state index in [0.29, 0.717) is 12.4 Å². The summed E-state index contributed by atoms with van der Waals surface area (Å²) >= 11 is 1.53. The summed E-state index contributed by atoms with van der Waals surface area (Å²) in [6, 6.07) is 1.51. The number of carbonyl (C=O) groups excluding carboxylic acids is 1. The first-order valence-electron chi connectivity index (χ1n) is 4.81. The van der Waals surface area contributed by atoms with E-state index >= 15 is 0 Å². The third-order valence-corrected chi connectivity index (χ3v) is 2.50. The van der Waals surface area contributed by atoms with E-state index in [4.69, 9.17) is 4.42 Å². The number of urea groups is 1. The Bertz CT molecular complexity index is 506. The summed E-state index contributed by atoms with van der Waals surface area (Å²) in [6.45, 7) is 3.86. The van der Waals surface area contributed by atoms with Crippen LogP contribution in [0.2, 0.25) is 0 Å². The van der Waals surface area contributed by atoms with Crippen molar-refractivity contribution in [1.29, 1.82) is 0 Å². The third-order valence-electron chi connectivity index (χ3n) is 1.82. The fourth-order valence-corrected chi connectivity index (χ4v) is 1.71. The molecule has 0 aliphatic rings. The molecule has 2 heterocycles. The minimum Gasteiger partial charge on any atom is -0.403 e. The summed E-state index contributed by atoms with van der Waals surface area (Å²) in [6.07, 6.45) is 1.57. The molecule has 2 rings (SSSR count). The fraction of sp³-hybridized carbons (Fsp3) is 0.100. The van der Waals surface area contributed by atoms with Gasteiger partial charge in [-0.3, -0.25) is 5.32 Å². The summed E-state index contributed by atoms with van der Waals surface area (Å²) in [7, 11) is 0. The molecule has 0 aromatic carbocycles. The zero-order chi connectivity index (χ0) is 12.1. The van der Waals surface area contributed by atoms with Crippen molar-refractivity contribution in [1.82, 2.24) is 15.5 Å². The van der Waals surface area contributed by atoms with Gasteiger partial charge in [-0.15, -0.1) is 11.7 Å². The average molecular weight is 250 g/mol. The van der Waals surface area contributed by atoms with Gasteiger partial charge in [0.2, 0.25) is 0 Å². The van der Waals surface area contributed by atoms with E-state index in [9.17, 15) is 4.79 Å². The van der Waals surface area contributed by atoms with Gasteiger partial charge in [0.25, 0.3) is 5.89 Å². The van der Waals surface area contributed by atoms with Gasteiger partial charge in [0.1, 0.15) is 0 Å². The van der Waals surface area contributed by atoms with Crippen LogP contribution < -0.4 is 10.6 Å². The fourth-order valence-electron chi connectivity index (χ4n) is 1.08. The number of hydrogen-bond donors (Lipinski definition) is 2. The van der Waals surface area contributed by atoms with Crippen LogP contribution in [-0.2, 0) is 0 Å². The number of nitrogens with one attached hydrogen (secondary N) is 2. The standard InChI is InChI=1S/C10H10N4O2S/c1-2-4-11-9(15)12-10-14-13-8(16-10)7-3-5-17-6-7/h2-3,5-6H,1,4H2,(H2,11,12,14,15). The van der Waals surface area contributed by atoms with Crippen molar-refractivity contribution in [2.45, 2.75) is 0 Å². The highest BCUT2D eigenvalue weighted by Crippen LogP contribution is 2.21. The van der Waals surface area contributed by atoms with E-state index in [0.717, 1.165) is 5.56 Å². The first kappa shape index (κ1) is 11.3. The van der Waals surface area contributed by atoms with Gasteiger partial charge in [-0.05, 0) is 11.4 Å². The maximum Gasteiger partial charge on any atom is 0.324 e. The first-order valence-corrected chi connectivity index (χ1v) is 5.75. The summed E-state index contributed by atoms with van der Waals surface area (Å²) in [5.74, 6) is 0.380. The molecule has 7 heteroatoms. The molecule has 0 atom stereocenters. The van der Waals surface area contributed by atoms with E-state index in [1.807, 2.05) is 16.8 Å². The Kier molecular flexibility index (Phi) is 3.51. The second-order valence-corrected chi connectivity index (χ2v) is 3.83. The highest BCUT2D eigenvalue weighted by molar-refractivity contribution is 7.08. The Balaban J connectivity index is 1.99. The first-order chi connectivity index (χ1) is 8.29. The molecule has 2 amide bonds. The van der Waals surface area contributed by atoms with Gasteiger partial charge >= 0.3 is 12.0 Å². The molecule has 0 radical (unpaired) electrons. The quantitative estimate of drug-likeness (QED) is 0.814. The van der Waals surface area contributed by atoms with Crippen LogP contribution in [0.5, 0.6) is 0 Å². The molecule has 2 N–H and O–H groups in total. The van der Waals surface area contributed by atoms with Gasteiger partial charge in [-0.2, -0.15) is 11.3 Å². The van der Waals surface area contributed by atoms with Gasteiger partial charge in [0.05, 0.1) is 0 Å². The average Bonchev–Trinajstić information content (AvgIpc) is 2.95. The van der Waals surface area contributed by atoms with Crippen molar-refractivity contribution >= 4 is 23.4 Å². The topological polar surface area (TPSA) is 80.0 Å². The SMILES string of the molecule is C=CCNC(=O)Nc1nnc(-c2ccsc2)o1. The Morgan fingerprint density at radius 1 is 1.59 bits per heavy atom. The van der Waals surface area contributed by atoms with E-state index in [1.54, 1.807) is 6.08 Å². The van der Waals surface area contributed by atoms with Crippen molar-refractivity contribution < 1.29 is 9.21 Å². The molecule has 0 unspecified atom stereocenters. The number of aromatic nitrogens is 2. The van der Waals surface area contributed by atoms with Gasteiger partial charge in [-0.25, -0.2) is 4.79 Å². The van der Waals surface area contributed by atoms with Crippen LogP contribution in [-0.4, -0.2) is 22.8 Å². The number of carbonyl (C=O) groups is 1. The monoisotopic (exact) mass is 250 g/mol. The van der Waals surface area contributed by atoms with E-state index < -0.39 is 6.03 Å². The number of hydrogen-bond acceptors (Lipinski definition) is 5. The Hall–Kier alpha value is -2.15. The van der Waals surface area contributed by atoms with Crippen LogP contribution in [0.25, 0.3) is 11.5 Å². The molecule has 0 spiro atoms. The number of nitrogens with zero attached hydrogens (tertiary/aromatic N) is 2. The molecule has 0 aliphatic heterocycles. The molecule has 0 aliphatic carbocycles. The number of amides is 2. The Morgan fingerprint density at radius 3 is 3.18 bits per heavy atom. The molecule has 0 saturated carbocycles. The lowest BCUT2D eigenvalue weighted by Crippen LogP contribution is -2.28. The molecule has 17 heavy (non-hydrogen) atoms. The maximum atomic E-state index is 11.3. The van der Waals surface area contributed by atoms with Crippen LogP contribution >= 0.6 is 11.3 Å². The van der Waals surface area contributed by atoms with E-state index in [2.05, 4.69) is 27.4 Å².